The SMILES string of the molecule is CCOc1ccc(OCC)c(NC(=O)CSc2nc3c(c(=O)n(C)c(=O)n3C)n2C)c1. The molecule has 3 aromatic rings. The van der Waals surface area contributed by atoms with Gasteiger partial charge in [-0.1, -0.05) is 11.8 Å². The monoisotopic (exact) mass is 447 g/mol. The molecule has 0 aliphatic rings. The Bertz CT molecular complexity index is 1240. The second-order valence-corrected chi connectivity index (χ2v) is 7.63. The highest BCUT2D eigenvalue weighted by atomic mass is 32.2. The Hall–Kier alpha value is -3.21. The summed E-state index contributed by atoms with van der Waals surface area (Å²) in [5, 5.41) is 3.29. The average Bonchev–Trinajstić information content (AvgIpc) is 3.08. The molecule has 2 heterocycles. The zero-order valence-electron chi connectivity index (χ0n) is 18.1. The van der Waals surface area contributed by atoms with Crippen molar-refractivity contribution in [1.29, 1.82) is 0 Å². The normalized spacial score (nSPS) is 11.0. The van der Waals surface area contributed by atoms with Gasteiger partial charge in [-0.05, 0) is 26.0 Å². The molecule has 0 atom stereocenters. The van der Waals surface area contributed by atoms with Crippen molar-refractivity contribution in [2.75, 3.05) is 24.3 Å². The molecule has 166 valence electrons. The second-order valence-electron chi connectivity index (χ2n) is 6.69. The first-order chi connectivity index (χ1) is 14.8. The van der Waals surface area contributed by atoms with Crippen LogP contribution in [0, 0.1) is 0 Å². The molecule has 0 radical (unpaired) electrons. The maximum absolute atomic E-state index is 12.6. The maximum Gasteiger partial charge on any atom is 0.332 e. The van der Waals surface area contributed by atoms with Gasteiger partial charge in [0, 0.05) is 27.2 Å². The number of nitrogens with zero attached hydrogens (tertiary/aromatic N) is 4. The van der Waals surface area contributed by atoms with Gasteiger partial charge >= 0.3 is 5.69 Å². The second kappa shape index (κ2) is 9.29. The fraction of sp³-hybridized carbons (Fsp3) is 0.400. The van der Waals surface area contributed by atoms with Crippen LogP contribution in [-0.4, -0.2) is 43.6 Å². The topological polar surface area (TPSA) is 109 Å². The van der Waals surface area contributed by atoms with Gasteiger partial charge < -0.3 is 19.4 Å². The lowest BCUT2D eigenvalue weighted by molar-refractivity contribution is -0.113. The van der Waals surface area contributed by atoms with E-state index in [4.69, 9.17) is 9.47 Å². The minimum absolute atomic E-state index is 0.0514. The van der Waals surface area contributed by atoms with Crippen LogP contribution in [0.5, 0.6) is 11.5 Å². The van der Waals surface area contributed by atoms with Crippen molar-refractivity contribution in [3.05, 3.63) is 39.0 Å². The van der Waals surface area contributed by atoms with Crippen LogP contribution in [0.25, 0.3) is 11.2 Å². The van der Waals surface area contributed by atoms with E-state index in [1.807, 2.05) is 13.8 Å². The quantitative estimate of drug-likeness (QED) is 0.521. The number of thioether (sulfide) groups is 1. The summed E-state index contributed by atoms with van der Waals surface area (Å²) < 4.78 is 15.0. The van der Waals surface area contributed by atoms with E-state index >= 15 is 0 Å². The van der Waals surface area contributed by atoms with E-state index in [2.05, 4.69) is 10.3 Å². The van der Waals surface area contributed by atoms with Crippen LogP contribution in [0.4, 0.5) is 5.69 Å². The molecule has 0 saturated heterocycles. The van der Waals surface area contributed by atoms with Crippen LogP contribution in [0.1, 0.15) is 13.8 Å². The van der Waals surface area contributed by atoms with E-state index < -0.39 is 11.2 Å². The fourth-order valence-electron chi connectivity index (χ4n) is 3.09. The van der Waals surface area contributed by atoms with Gasteiger partial charge in [0.1, 0.15) is 11.5 Å². The molecule has 10 nitrogen and oxygen atoms in total. The third kappa shape index (κ3) is 4.46. The van der Waals surface area contributed by atoms with E-state index in [0.29, 0.717) is 41.1 Å². The Morgan fingerprint density at radius 3 is 2.45 bits per heavy atom. The predicted molar refractivity (Wildman–Crippen MR) is 119 cm³/mol. The number of benzene rings is 1. The number of fused-ring (bicyclic) bond motifs is 1. The molecule has 0 bridgehead atoms. The Morgan fingerprint density at radius 2 is 1.77 bits per heavy atom. The summed E-state index contributed by atoms with van der Waals surface area (Å²) >= 11 is 1.17. The number of nitrogens with one attached hydrogen (secondary N) is 1. The minimum Gasteiger partial charge on any atom is -0.494 e. The number of carbonyl (C=O) groups excluding carboxylic acids is 1. The van der Waals surface area contributed by atoms with Crippen LogP contribution in [0.15, 0.2) is 32.9 Å². The van der Waals surface area contributed by atoms with Gasteiger partial charge in [0.05, 0.1) is 24.7 Å². The molecule has 0 fully saturated rings. The van der Waals surface area contributed by atoms with Crippen LogP contribution in [0.2, 0.25) is 0 Å². The lowest BCUT2D eigenvalue weighted by Gasteiger charge is -2.13. The standard InChI is InChI=1S/C20H25N5O5S/c1-6-29-12-8-9-14(30-7-2)13(10-12)21-15(26)11-31-19-22-17-16(23(19)3)18(27)25(5)20(28)24(17)4/h8-10H,6-7,11H2,1-5H3,(H,21,26). The molecule has 0 saturated carbocycles. The number of aryl methyl sites for hydroxylation is 2. The molecule has 0 spiro atoms. The van der Waals surface area contributed by atoms with E-state index in [1.54, 1.807) is 36.9 Å². The highest BCUT2D eigenvalue weighted by molar-refractivity contribution is 7.99. The van der Waals surface area contributed by atoms with Gasteiger partial charge in [-0.25, -0.2) is 9.78 Å². The van der Waals surface area contributed by atoms with Crippen molar-refractivity contribution in [2.24, 2.45) is 21.1 Å². The summed E-state index contributed by atoms with van der Waals surface area (Å²) in [6.07, 6.45) is 0. The van der Waals surface area contributed by atoms with Crippen LogP contribution >= 0.6 is 11.8 Å². The average molecular weight is 448 g/mol. The number of rotatable bonds is 8. The minimum atomic E-state index is -0.456. The number of imidazole rings is 1. The maximum atomic E-state index is 12.6. The first-order valence-corrected chi connectivity index (χ1v) is 10.7. The summed E-state index contributed by atoms with van der Waals surface area (Å²) in [6.45, 7) is 4.71. The summed E-state index contributed by atoms with van der Waals surface area (Å²) in [5.74, 6) is 0.954. The van der Waals surface area contributed by atoms with Gasteiger partial charge in [0.2, 0.25) is 5.91 Å². The summed E-state index contributed by atoms with van der Waals surface area (Å²) in [7, 11) is 4.66. The van der Waals surface area contributed by atoms with Gasteiger partial charge in [-0.2, -0.15) is 0 Å². The molecule has 1 N–H and O–H groups in total. The fourth-order valence-corrected chi connectivity index (χ4v) is 3.86. The highest BCUT2D eigenvalue weighted by Gasteiger charge is 2.18. The zero-order valence-corrected chi connectivity index (χ0v) is 18.9. The molecule has 0 aliphatic heterocycles. The number of hydrogen-bond donors (Lipinski definition) is 1. The number of anilines is 1. The van der Waals surface area contributed by atoms with Gasteiger partial charge in [0.15, 0.2) is 16.3 Å². The molecule has 2 aromatic heterocycles. The number of carbonyl (C=O) groups is 1. The number of amides is 1. The summed E-state index contributed by atoms with van der Waals surface area (Å²) in [5.41, 5.74) is 0.206. The van der Waals surface area contributed by atoms with Crippen molar-refractivity contribution in [3.8, 4) is 11.5 Å². The molecule has 1 amide bonds. The Balaban J connectivity index is 1.81. The van der Waals surface area contributed by atoms with Crippen molar-refractivity contribution >= 4 is 34.5 Å². The molecular formula is C20H25N5O5S. The largest absolute Gasteiger partial charge is 0.494 e. The number of ether oxygens (including phenoxy) is 2. The zero-order chi connectivity index (χ0) is 22.7. The van der Waals surface area contributed by atoms with E-state index in [1.165, 1.54) is 23.4 Å². The molecule has 11 heteroatoms. The molecule has 0 unspecified atom stereocenters. The number of aromatic nitrogens is 4. The Labute approximate surface area is 182 Å². The highest BCUT2D eigenvalue weighted by Crippen LogP contribution is 2.30. The predicted octanol–water partition coefficient (Wildman–Crippen LogP) is 1.50. The van der Waals surface area contributed by atoms with E-state index in [9.17, 15) is 14.4 Å². The molecule has 3 rings (SSSR count). The van der Waals surface area contributed by atoms with Gasteiger partial charge in [-0.15, -0.1) is 0 Å². The lowest BCUT2D eigenvalue weighted by Crippen LogP contribution is -2.37. The van der Waals surface area contributed by atoms with Gasteiger partial charge in [-0.3, -0.25) is 18.7 Å². The Morgan fingerprint density at radius 1 is 1.06 bits per heavy atom. The third-order valence-corrected chi connectivity index (χ3v) is 5.63. The molecule has 31 heavy (non-hydrogen) atoms. The van der Waals surface area contributed by atoms with Gasteiger partial charge in [0.25, 0.3) is 5.56 Å². The third-order valence-electron chi connectivity index (χ3n) is 4.60. The van der Waals surface area contributed by atoms with E-state index in [-0.39, 0.29) is 17.3 Å². The summed E-state index contributed by atoms with van der Waals surface area (Å²) in [4.78, 5) is 41.6. The van der Waals surface area contributed by atoms with Crippen LogP contribution in [0.3, 0.4) is 0 Å². The van der Waals surface area contributed by atoms with Crippen molar-refractivity contribution in [1.82, 2.24) is 18.7 Å². The van der Waals surface area contributed by atoms with Crippen LogP contribution in [-0.2, 0) is 25.9 Å². The summed E-state index contributed by atoms with van der Waals surface area (Å²) in [6, 6.07) is 5.24. The Kier molecular flexibility index (Phi) is 6.74. The smallest absolute Gasteiger partial charge is 0.332 e. The van der Waals surface area contributed by atoms with Crippen molar-refractivity contribution in [3.63, 3.8) is 0 Å². The number of hydrogen-bond acceptors (Lipinski definition) is 7. The van der Waals surface area contributed by atoms with Crippen molar-refractivity contribution < 1.29 is 14.3 Å². The molecule has 1 aromatic carbocycles. The lowest BCUT2D eigenvalue weighted by atomic mass is 10.2. The molecular weight excluding hydrogens is 422 g/mol. The molecule has 0 aliphatic carbocycles. The van der Waals surface area contributed by atoms with Crippen molar-refractivity contribution in [2.45, 2.75) is 19.0 Å². The van der Waals surface area contributed by atoms with Crippen LogP contribution < -0.4 is 26.0 Å². The van der Waals surface area contributed by atoms with E-state index in [0.717, 1.165) is 4.57 Å². The first kappa shape index (κ1) is 22.5. The first-order valence-electron chi connectivity index (χ1n) is 9.73.